The second-order valence-corrected chi connectivity index (χ2v) is 6.53. The first-order chi connectivity index (χ1) is 11.2. The van der Waals surface area contributed by atoms with Gasteiger partial charge in [-0.1, -0.05) is 60.7 Å². The Labute approximate surface area is 142 Å². The summed E-state index contributed by atoms with van der Waals surface area (Å²) in [5.41, 5.74) is 2.42. The van der Waals surface area contributed by atoms with Crippen LogP contribution in [-0.2, 0) is 9.53 Å². The van der Waals surface area contributed by atoms with Crippen LogP contribution in [0, 0.1) is 0 Å². The summed E-state index contributed by atoms with van der Waals surface area (Å²) in [6.45, 7) is 2.47. The number of carbonyl (C=O) groups excluding carboxylic acids is 1. The molecule has 0 saturated carbocycles. The van der Waals surface area contributed by atoms with Crippen LogP contribution in [0.5, 0.6) is 0 Å². The zero-order valence-electron chi connectivity index (χ0n) is 13.6. The van der Waals surface area contributed by atoms with Crippen molar-refractivity contribution in [2.24, 2.45) is 0 Å². The van der Waals surface area contributed by atoms with E-state index in [4.69, 9.17) is 4.74 Å². The highest BCUT2D eigenvalue weighted by atomic mass is 32.2. The fourth-order valence-corrected chi connectivity index (χ4v) is 3.51. The van der Waals surface area contributed by atoms with E-state index in [1.807, 2.05) is 43.3 Å². The van der Waals surface area contributed by atoms with Crippen molar-refractivity contribution in [1.82, 2.24) is 5.32 Å². The molecule has 2 rings (SSSR count). The first-order valence-corrected chi connectivity index (χ1v) is 8.75. The molecule has 122 valence electrons. The minimum atomic E-state index is 0.0278. The molecule has 1 atom stereocenters. The molecular formula is C19H23NO2S. The summed E-state index contributed by atoms with van der Waals surface area (Å²) < 4.78 is 5.05. The standard InChI is InChI=1S/C19H23NO2S/c1-15(13-22-2)20-18(21)14-23-19(16-9-5-3-6-10-16)17-11-7-4-8-12-17/h3-12,15,19H,13-14H2,1-2H3,(H,20,21). The average molecular weight is 329 g/mol. The maximum Gasteiger partial charge on any atom is 0.230 e. The molecule has 0 bridgehead atoms. The lowest BCUT2D eigenvalue weighted by Gasteiger charge is -2.18. The molecule has 3 nitrogen and oxygen atoms in total. The van der Waals surface area contributed by atoms with E-state index in [2.05, 4.69) is 29.6 Å². The molecule has 0 fully saturated rings. The Kier molecular flexibility index (Phi) is 7.17. The van der Waals surface area contributed by atoms with E-state index >= 15 is 0 Å². The molecule has 4 heteroatoms. The first kappa shape index (κ1) is 17.6. The van der Waals surface area contributed by atoms with Gasteiger partial charge in [0.15, 0.2) is 0 Å². The maximum absolute atomic E-state index is 12.1. The Hall–Kier alpha value is -1.78. The van der Waals surface area contributed by atoms with Gasteiger partial charge < -0.3 is 10.1 Å². The Morgan fingerprint density at radius 3 is 2.04 bits per heavy atom. The van der Waals surface area contributed by atoms with Gasteiger partial charge in [0.1, 0.15) is 0 Å². The topological polar surface area (TPSA) is 38.3 Å². The number of carbonyl (C=O) groups is 1. The molecule has 0 heterocycles. The molecule has 0 radical (unpaired) electrons. The van der Waals surface area contributed by atoms with E-state index < -0.39 is 0 Å². The molecule has 1 unspecified atom stereocenters. The van der Waals surface area contributed by atoms with Crippen molar-refractivity contribution in [2.75, 3.05) is 19.5 Å². The summed E-state index contributed by atoms with van der Waals surface area (Å²) in [5, 5.41) is 3.11. The van der Waals surface area contributed by atoms with Crippen LogP contribution in [0.4, 0.5) is 0 Å². The van der Waals surface area contributed by atoms with Gasteiger partial charge in [0.25, 0.3) is 0 Å². The van der Waals surface area contributed by atoms with Gasteiger partial charge in [-0.2, -0.15) is 0 Å². The molecule has 0 aliphatic rings. The van der Waals surface area contributed by atoms with Gasteiger partial charge in [-0.25, -0.2) is 0 Å². The number of ether oxygens (including phenoxy) is 1. The van der Waals surface area contributed by atoms with Crippen LogP contribution < -0.4 is 5.32 Å². The van der Waals surface area contributed by atoms with Gasteiger partial charge in [0.05, 0.1) is 17.6 Å². The SMILES string of the molecule is COCC(C)NC(=O)CSC(c1ccccc1)c1ccccc1. The van der Waals surface area contributed by atoms with Crippen molar-refractivity contribution in [3.63, 3.8) is 0 Å². The highest BCUT2D eigenvalue weighted by molar-refractivity contribution is 8.00. The lowest BCUT2D eigenvalue weighted by molar-refractivity contribution is -0.119. The van der Waals surface area contributed by atoms with E-state index in [-0.39, 0.29) is 17.2 Å². The number of thioether (sulfide) groups is 1. The van der Waals surface area contributed by atoms with Gasteiger partial charge in [0.2, 0.25) is 5.91 Å². The molecule has 2 aromatic rings. The number of hydrogen-bond acceptors (Lipinski definition) is 3. The van der Waals surface area contributed by atoms with E-state index in [1.165, 1.54) is 11.1 Å². The minimum Gasteiger partial charge on any atom is -0.383 e. The molecule has 0 spiro atoms. The molecule has 0 saturated heterocycles. The van der Waals surface area contributed by atoms with Crippen LogP contribution in [0.2, 0.25) is 0 Å². The number of hydrogen-bond donors (Lipinski definition) is 1. The molecule has 0 aliphatic carbocycles. The van der Waals surface area contributed by atoms with Crippen LogP contribution in [0.25, 0.3) is 0 Å². The van der Waals surface area contributed by atoms with Crippen molar-refractivity contribution in [3.05, 3.63) is 71.8 Å². The molecule has 0 aromatic heterocycles. The third kappa shape index (κ3) is 5.73. The number of methoxy groups -OCH3 is 1. The zero-order chi connectivity index (χ0) is 16.5. The van der Waals surface area contributed by atoms with E-state index in [1.54, 1.807) is 18.9 Å². The second-order valence-electron chi connectivity index (χ2n) is 5.44. The predicted molar refractivity (Wildman–Crippen MR) is 96.7 cm³/mol. The maximum atomic E-state index is 12.1. The van der Waals surface area contributed by atoms with Gasteiger partial charge in [-0.05, 0) is 18.1 Å². The summed E-state index contributed by atoms with van der Waals surface area (Å²) in [5.74, 6) is 0.458. The fraction of sp³-hybridized carbons (Fsp3) is 0.316. The smallest absolute Gasteiger partial charge is 0.230 e. The molecule has 1 amide bonds. The van der Waals surface area contributed by atoms with Crippen LogP contribution in [-0.4, -0.2) is 31.4 Å². The quantitative estimate of drug-likeness (QED) is 0.803. The lowest BCUT2D eigenvalue weighted by Crippen LogP contribution is -2.36. The van der Waals surface area contributed by atoms with Crippen LogP contribution in [0.15, 0.2) is 60.7 Å². The highest BCUT2D eigenvalue weighted by Gasteiger charge is 2.16. The monoisotopic (exact) mass is 329 g/mol. The van der Waals surface area contributed by atoms with Gasteiger partial charge in [0, 0.05) is 13.2 Å². The van der Waals surface area contributed by atoms with Crippen molar-refractivity contribution in [2.45, 2.75) is 18.2 Å². The van der Waals surface area contributed by atoms with E-state index in [9.17, 15) is 4.79 Å². The summed E-state index contributed by atoms with van der Waals surface area (Å²) in [6.07, 6.45) is 0. The van der Waals surface area contributed by atoms with Gasteiger partial charge in [-0.15, -0.1) is 11.8 Å². The van der Waals surface area contributed by atoms with Crippen molar-refractivity contribution in [3.8, 4) is 0 Å². The summed E-state index contributed by atoms with van der Waals surface area (Å²) >= 11 is 1.64. The number of nitrogens with one attached hydrogen (secondary N) is 1. The summed E-state index contributed by atoms with van der Waals surface area (Å²) in [4.78, 5) is 12.1. The molecular weight excluding hydrogens is 306 g/mol. The predicted octanol–water partition coefficient (Wildman–Crippen LogP) is 3.66. The largest absolute Gasteiger partial charge is 0.383 e. The molecule has 23 heavy (non-hydrogen) atoms. The number of amides is 1. The average Bonchev–Trinajstić information content (AvgIpc) is 2.57. The third-order valence-corrected chi connectivity index (χ3v) is 4.72. The molecule has 1 N–H and O–H groups in total. The Morgan fingerprint density at radius 2 is 1.57 bits per heavy atom. The van der Waals surface area contributed by atoms with Crippen LogP contribution >= 0.6 is 11.8 Å². The van der Waals surface area contributed by atoms with Crippen molar-refractivity contribution >= 4 is 17.7 Å². The third-order valence-electron chi connectivity index (χ3n) is 3.41. The van der Waals surface area contributed by atoms with E-state index in [0.29, 0.717) is 12.4 Å². The molecule has 0 aliphatic heterocycles. The van der Waals surface area contributed by atoms with Gasteiger partial charge >= 0.3 is 0 Å². The fourth-order valence-electron chi connectivity index (χ4n) is 2.41. The Balaban J connectivity index is 2.03. The second kappa shape index (κ2) is 9.38. The molecule has 2 aromatic carbocycles. The minimum absolute atomic E-state index is 0.0278. The lowest BCUT2D eigenvalue weighted by atomic mass is 10.0. The Morgan fingerprint density at radius 1 is 1.04 bits per heavy atom. The first-order valence-electron chi connectivity index (χ1n) is 7.70. The van der Waals surface area contributed by atoms with Crippen molar-refractivity contribution in [1.29, 1.82) is 0 Å². The number of benzene rings is 2. The number of rotatable bonds is 8. The summed E-state index contributed by atoms with van der Waals surface area (Å²) in [6, 6.07) is 20.6. The van der Waals surface area contributed by atoms with Crippen molar-refractivity contribution < 1.29 is 9.53 Å². The van der Waals surface area contributed by atoms with Crippen LogP contribution in [0.1, 0.15) is 23.3 Å². The Bertz CT molecular complexity index is 549. The van der Waals surface area contributed by atoms with Gasteiger partial charge in [-0.3, -0.25) is 4.79 Å². The van der Waals surface area contributed by atoms with E-state index in [0.717, 1.165) is 0 Å². The summed E-state index contributed by atoms with van der Waals surface area (Å²) in [7, 11) is 1.64. The normalized spacial score (nSPS) is 12.1. The highest BCUT2D eigenvalue weighted by Crippen LogP contribution is 2.35. The zero-order valence-corrected chi connectivity index (χ0v) is 14.4. The van der Waals surface area contributed by atoms with Crippen LogP contribution in [0.3, 0.4) is 0 Å².